The minimum atomic E-state index is 0.440. The van der Waals surface area contributed by atoms with Crippen molar-refractivity contribution in [2.45, 2.75) is 89.3 Å². The zero-order chi connectivity index (χ0) is 11.8. The smallest absolute Gasteiger partial charge is 0.129 e. The summed E-state index contributed by atoms with van der Waals surface area (Å²) in [4.78, 5) is 0. The van der Waals surface area contributed by atoms with E-state index in [0.717, 1.165) is 18.1 Å². The molecule has 0 aromatic rings. The molecule has 0 saturated heterocycles. The third-order valence-corrected chi connectivity index (χ3v) is 4.46. The molecule has 0 spiro atoms. The summed E-state index contributed by atoms with van der Waals surface area (Å²) in [6.07, 6.45) is 12.7. The zero-order valence-corrected chi connectivity index (χ0v) is 11.4. The highest BCUT2D eigenvalue weighted by Gasteiger charge is 2.21. The summed E-state index contributed by atoms with van der Waals surface area (Å²) >= 11 is 0. The van der Waals surface area contributed by atoms with E-state index >= 15 is 0 Å². The summed E-state index contributed by atoms with van der Waals surface area (Å²) in [5.74, 6) is 1.75. The van der Waals surface area contributed by atoms with E-state index in [4.69, 9.17) is 5.73 Å². The lowest BCUT2D eigenvalue weighted by Gasteiger charge is -2.26. The van der Waals surface area contributed by atoms with Gasteiger partial charge in [-0.15, -0.1) is 0 Å². The van der Waals surface area contributed by atoms with Crippen LogP contribution in [0, 0.1) is 0 Å². The SMILES string of the molecule is CCC(N)C(BC1CCCCCCC1)CC. The van der Waals surface area contributed by atoms with Crippen molar-refractivity contribution in [2.75, 3.05) is 0 Å². The van der Waals surface area contributed by atoms with Crippen LogP contribution in [0.3, 0.4) is 0 Å². The quantitative estimate of drug-likeness (QED) is 0.703. The molecule has 0 aromatic carbocycles. The molecule has 2 unspecified atom stereocenters. The molecule has 1 rings (SSSR count). The van der Waals surface area contributed by atoms with Gasteiger partial charge in [0, 0.05) is 0 Å². The molecule has 0 radical (unpaired) electrons. The molecule has 1 aliphatic rings. The van der Waals surface area contributed by atoms with Crippen LogP contribution in [0.5, 0.6) is 0 Å². The molecule has 1 aliphatic carbocycles. The molecule has 0 aromatic heterocycles. The molecule has 0 bridgehead atoms. The van der Waals surface area contributed by atoms with Crippen molar-refractivity contribution in [3.05, 3.63) is 0 Å². The van der Waals surface area contributed by atoms with Crippen LogP contribution in [0.4, 0.5) is 0 Å². The Morgan fingerprint density at radius 1 is 1.00 bits per heavy atom. The van der Waals surface area contributed by atoms with Gasteiger partial charge in [-0.1, -0.05) is 76.8 Å². The van der Waals surface area contributed by atoms with Gasteiger partial charge >= 0.3 is 0 Å². The monoisotopic (exact) mass is 223 g/mol. The number of rotatable bonds is 5. The van der Waals surface area contributed by atoms with Crippen molar-refractivity contribution in [2.24, 2.45) is 5.73 Å². The van der Waals surface area contributed by atoms with Gasteiger partial charge in [-0.25, -0.2) is 0 Å². The standard InChI is InChI=1S/C14H30BN/c1-3-13(14(16)4-2)15-12-10-8-6-5-7-9-11-12/h12-15H,3-11,16H2,1-2H3. The normalized spacial score (nSPS) is 23.2. The first-order valence-corrected chi connectivity index (χ1v) is 7.53. The summed E-state index contributed by atoms with van der Waals surface area (Å²) in [6, 6.07) is 0.440. The number of nitrogens with two attached hydrogens (primary N) is 1. The van der Waals surface area contributed by atoms with Crippen LogP contribution < -0.4 is 5.73 Å². The van der Waals surface area contributed by atoms with Gasteiger partial charge < -0.3 is 5.73 Å². The molecule has 0 heterocycles. The predicted molar refractivity (Wildman–Crippen MR) is 75.5 cm³/mol. The lowest BCUT2D eigenvalue weighted by atomic mass is 9.49. The van der Waals surface area contributed by atoms with Crippen LogP contribution in [0.25, 0.3) is 0 Å². The molecular weight excluding hydrogens is 193 g/mol. The molecule has 0 amide bonds. The summed E-state index contributed by atoms with van der Waals surface area (Å²) < 4.78 is 0. The van der Waals surface area contributed by atoms with Crippen molar-refractivity contribution in [3.8, 4) is 0 Å². The Morgan fingerprint density at radius 2 is 1.56 bits per heavy atom. The van der Waals surface area contributed by atoms with Crippen LogP contribution in [0.1, 0.15) is 71.6 Å². The van der Waals surface area contributed by atoms with E-state index in [1.807, 2.05) is 0 Å². The van der Waals surface area contributed by atoms with Gasteiger partial charge in [-0.2, -0.15) is 0 Å². The summed E-state index contributed by atoms with van der Waals surface area (Å²) in [6.45, 7) is 4.54. The first-order chi connectivity index (χ1) is 7.77. The molecule has 94 valence electrons. The topological polar surface area (TPSA) is 26.0 Å². The second kappa shape index (κ2) is 8.17. The highest BCUT2D eigenvalue weighted by atomic mass is 14.6. The highest BCUT2D eigenvalue weighted by molar-refractivity contribution is 6.40. The van der Waals surface area contributed by atoms with Gasteiger partial charge in [0.05, 0.1) is 0 Å². The van der Waals surface area contributed by atoms with Crippen molar-refractivity contribution in [1.29, 1.82) is 0 Å². The van der Waals surface area contributed by atoms with Crippen molar-refractivity contribution in [3.63, 3.8) is 0 Å². The molecule has 1 nitrogen and oxygen atoms in total. The van der Waals surface area contributed by atoms with Gasteiger partial charge in [0.25, 0.3) is 0 Å². The number of hydrogen-bond donors (Lipinski definition) is 1. The molecular formula is C14H30BN. The highest BCUT2D eigenvalue weighted by Crippen LogP contribution is 2.31. The molecule has 1 fully saturated rings. The second-order valence-electron chi connectivity index (χ2n) is 5.69. The number of hydrogen-bond acceptors (Lipinski definition) is 1. The molecule has 2 atom stereocenters. The van der Waals surface area contributed by atoms with Crippen molar-refractivity contribution < 1.29 is 0 Å². The molecule has 1 saturated carbocycles. The predicted octanol–water partition coefficient (Wildman–Crippen LogP) is 3.89. The third kappa shape index (κ3) is 4.90. The fourth-order valence-corrected chi connectivity index (χ4v) is 3.18. The maximum absolute atomic E-state index is 6.21. The first-order valence-electron chi connectivity index (χ1n) is 7.53. The summed E-state index contributed by atoms with van der Waals surface area (Å²) in [7, 11) is 1.39. The maximum atomic E-state index is 6.21. The minimum absolute atomic E-state index is 0.440. The van der Waals surface area contributed by atoms with Gasteiger partial charge in [0.1, 0.15) is 7.28 Å². The van der Waals surface area contributed by atoms with Gasteiger partial charge in [0.2, 0.25) is 0 Å². The summed E-state index contributed by atoms with van der Waals surface area (Å²) in [5, 5.41) is 0. The lowest BCUT2D eigenvalue weighted by molar-refractivity contribution is 0.491. The first kappa shape index (κ1) is 14.1. The van der Waals surface area contributed by atoms with Gasteiger partial charge in [-0.3, -0.25) is 0 Å². The third-order valence-electron chi connectivity index (χ3n) is 4.46. The molecule has 2 N–H and O–H groups in total. The molecule has 0 aliphatic heterocycles. The van der Waals surface area contributed by atoms with Crippen LogP contribution in [0.2, 0.25) is 11.6 Å². The summed E-state index contributed by atoms with van der Waals surface area (Å²) in [5.41, 5.74) is 6.21. The van der Waals surface area contributed by atoms with E-state index in [2.05, 4.69) is 13.8 Å². The van der Waals surface area contributed by atoms with E-state index in [-0.39, 0.29) is 0 Å². The Hall–Kier alpha value is 0.0249. The second-order valence-corrected chi connectivity index (χ2v) is 5.69. The van der Waals surface area contributed by atoms with Crippen molar-refractivity contribution >= 4 is 7.28 Å². The average molecular weight is 223 g/mol. The Balaban J connectivity index is 2.36. The van der Waals surface area contributed by atoms with E-state index < -0.39 is 0 Å². The minimum Gasteiger partial charge on any atom is -0.328 e. The Kier molecular flexibility index (Phi) is 7.19. The van der Waals surface area contributed by atoms with E-state index in [1.165, 1.54) is 58.6 Å². The zero-order valence-electron chi connectivity index (χ0n) is 11.4. The average Bonchev–Trinajstić information content (AvgIpc) is 2.27. The van der Waals surface area contributed by atoms with Crippen LogP contribution in [0.15, 0.2) is 0 Å². The Bertz CT molecular complexity index is 164. The van der Waals surface area contributed by atoms with Crippen LogP contribution in [-0.4, -0.2) is 13.3 Å². The molecule has 16 heavy (non-hydrogen) atoms. The van der Waals surface area contributed by atoms with E-state index in [9.17, 15) is 0 Å². The Labute approximate surface area is 103 Å². The Morgan fingerprint density at radius 3 is 2.06 bits per heavy atom. The van der Waals surface area contributed by atoms with E-state index in [1.54, 1.807) is 0 Å². The van der Waals surface area contributed by atoms with Crippen LogP contribution >= 0.6 is 0 Å². The fourth-order valence-electron chi connectivity index (χ4n) is 3.18. The van der Waals surface area contributed by atoms with E-state index in [0.29, 0.717) is 6.04 Å². The molecule has 2 heteroatoms. The maximum Gasteiger partial charge on any atom is 0.129 e. The van der Waals surface area contributed by atoms with Gasteiger partial charge in [-0.05, 0) is 12.5 Å². The largest absolute Gasteiger partial charge is 0.328 e. The van der Waals surface area contributed by atoms with Crippen LogP contribution in [-0.2, 0) is 0 Å². The fraction of sp³-hybridized carbons (Fsp3) is 1.00. The van der Waals surface area contributed by atoms with Gasteiger partial charge in [0.15, 0.2) is 0 Å². The lowest BCUT2D eigenvalue weighted by Crippen LogP contribution is -2.30. The van der Waals surface area contributed by atoms with Crippen molar-refractivity contribution in [1.82, 2.24) is 0 Å².